The fourth-order valence-electron chi connectivity index (χ4n) is 2.67. The van der Waals surface area contributed by atoms with Crippen LogP contribution in [0.15, 0.2) is 30.3 Å². The lowest BCUT2D eigenvalue weighted by molar-refractivity contribution is 0.0815. The number of ether oxygens (including phenoxy) is 1. The maximum absolute atomic E-state index is 12.3. The number of rotatable bonds is 6. The Balaban J connectivity index is 0.00000208. The molecule has 0 fully saturated rings. The quantitative estimate of drug-likeness (QED) is 0.742. The van der Waals surface area contributed by atoms with E-state index in [2.05, 4.69) is 20.8 Å². The van der Waals surface area contributed by atoms with Gasteiger partial charge in [-0.15, -0.1) is 12.4 Å². The van der Waals surface area contributed by atoms with Crippen LogP contribution in [0.5, 0.6) is 0 Å². The number of halogens is 1. The van der Waals surface area contributed by atoms with Gasteiger partial charge in [-0.3, -0.25) is 9.89 Å². The first-order valence-corrected chi connectivity index (χ1v) is 7.93. The number of H-pyrrole nitrogens is 1. The Kier molecular flexibility index (Phi) is 6.78. The second kappa shape index (κ2) is 8.82. The van der Waals surface area contributed by atoms with Gasteiger partial charge in [-0.2, -0.15) is 5.10 Å². The molecule has 0 spiro atoms. The minimum absolute atomic E-state index is 0. The smallest absolute Gasteiger partial charge is 0.272 e. The van der Waals surface area contributed by atoms with E-state index in [0.717, 1.165) is 29.8 Å². The van der Waals surface area contributed by atoms with Crippen LogP contribution in [-0.2, 0) is 24.3 Å². The molecule has 0 saturated carbocycles. The highest BCUT2D eigenvalue weighted by molar-refractivity contribution is 5.94. The normalized spacial score (nSPS) is 14.4. The second-order valence-corrected chi connectivity index (χ2v) is 5.83. The molecule has 1 aliphatic rings. The number of nitrogens with zero attached hydrogens (tertiary/aromatic N) is 1. The van der Waals surface area contributed by atoms with E-state index in [1.807, 2.05) is 37.3 Å². The average molecular weight is 351 g/mol. The summed E-state index contributed by atoms with van der Waals surface area (Å²) in [6, 6.07) is 9.91. The standard InChI is InChI=1S/C17H22N4O2.ClH/c1-12(10-23-11-13-5-3-2-4-6-13)19-17(22)16-14-9-18-8-7-15(14)20-21-16;/h2-6,12,18H,7-11H2,1H3,(H,19,22)(H,20,21);1H. The highest BCUT2D eigenvalue weighted by Gasteiger charge is 2.22. The van der Waals surface area contributed by atoms with Crippen LogP contribution in [0, 0.1) is 0 Å². The van der Waals surface area contributed by atoms with E-state index in [9.17, 15) is 4.79 Å². The van der Waals surface area contributed by atoms with Crippen molar-refractivity contribution in [2.24, 2.45) is 0 Å². The van der Waals surface area contributed by atoms with Gasteiger partial charge < -0.3 is 15.4 Å². The van der Waals surface area contributed by atoms with Crippen LogP contribution in [-0.4, -0.2) is 35.3 Å². The molecule has 1 unspecified atom stereocenters. The van der Waals surface area contributed by atoms with E-state index in [1.54, 1.807) is 0 Å². The zero-order chi connectivity index (χ0) is 16.1. The van der Waals surface area contributed by atoms with Crippen molar-refractivity contribution in [3.63, 3.8) is 0 Å². The maximum atomic E-state index is 12.3. The van der Waals surface area contributed by atoms with Crippen LogP contribution in [0.2, 0.25) is 0 Å². The predicted octanol–water partition coefficient (Wildman–Crippen LogP) is 1.81. The van der Waals surface area contributed by atoms with E-state index in [4.69, 9.17) is 4.74 Å². The number of benzene rings is 1. The number of aromatic amines is 1. The van der Waals surface area contributed by atoms with Gasteiger partial charge in [0.15, 0.2) is 5.69 Å². The minimum Gasteiger partial charge on any atom is -0.375 e. The molecule has 1 amide bonds. The van der Waals surface area contributed by atoms with Gasteiger partial charge in [0.2, 0.25) is 0 Å². The molecule has 0 radical (unpaired) electrons. The lowest BCUT2D eigenvalue weighted by atomic mass is 10.1. The number of hydrogen-bond acceptors (Lipinski definition) is 4. The van der Waals surface area contributed by atoms with Crippen molar-refractivity contribution in [3.05, 3.63) is 52.8 Å². The Bertz CT molecular complexity index is 660. The van der Waals surface area contributed by atoms with Gasteiger partial charge in [0.1, 0.15) is 0 Å². The lowest BCUT2D eigenvalue weighted by Crippen LogP contribution is -2.37. The monoisotopic (exact) mass is 350 g/mol. The SMILES string of the molecule is CC(COCc1ccccc1)NC(=O)c1n[nH]c2c1CNCC2.Cl. The number of amides is 1. The molecule has 1 aliphatic heterocycles. The largest absolute Gasteiger partial charge is 0.375 e. The number of hydrogen-bond donors (Lipinski definition) is 3. The molecule has 3 rings (SSSR count). The van der Waals surface area contributed by atoms with Crippen molar-refractivity contribution in [1.29, 1.82) is 0 Å². The Morgan fingerprint density at radius 1 is 1.38 bits per heavy atom. The van der Waals surface area contributed by atoms with Gasteiger partial charge in [-0.05, 0) is 12.5 Å². The summed E-state index contributed by atoms with van der Waals surface area (Å²) in [4.78, 5) is 12.3. The number of fused-ring (bicyclic) bond motifs is 1. The van der Waals surface area contributed by atoms with E-state index in [-0.39, 0.29) is 24.4 Å². The molecule has 1 aromatic heterocycles. The number of carbonyl (C=O) groups excluding carboxylic acids is 1. The molecule has 1 atom stereocenters. The first-order valence-electron chi connectivity index (χ1n) is 7.93. The number of nitrogens with one attached hydrogen (secondary N) is 3. The molecule has 1 aromatic carbocycles. The van der Waals surface area contributed by atoms with Crippen molar-refractivity contribution in [2.75, 3.05) is 13.2 Å². The Labute approximate surface area is 147 Å². The average Bonchev–Trinajstić information content (AvgIpc) is 3.00. The van der Waals surface area contributed by atoms with Gasteiger partial charge in [-0.25, -0.2) is 0 Å². The summed E-state index contributed by atoms with van der Waals surface area (Å²) >= 11 is 0. The zero-order valence-corrected chi connectivity index (χ0v) is 14.5. The molecule has 130 valence electrons. The summed E-state index contributed by atoms with van der Waals surface area (Å²) in [5.74, 6) is -0.151. The third-order valence-corrected chi connectivity index (χ3v) is 3.88. The molecule has 0 saturated heterocycles. The molecule has 0 bridgehead atoms. The van der Waals surface area contributed by atoms with Crippen molar-refractivity contribution in [3.8, 4) is 0 Å². The summed E-state index contributed by atoms with van der Waals surface area (Å²) in [6.07, 6.45) is 0.880. The third-order valence-electron chi connectivity index (χ3n) is 3.88. The van der Waals surface area contributed by atoms with Crippen LogP contribution < -0.4 is 10.6 Å². The molecule has 6 nitrogen and oxygen atoms in total. The van der Waals surface area contributed by atoms with Gasteiger partial charge in [0.05, 0.1) is 13.2 Å². The molecule has 7 heteroatoms. The Hall–Kier alpha value is -1.89. The van der Waals surface area contributed by atoms with E-state index >= 15 is 0 Å². The molecule has 0 aliphatic carbocycles. The zero-order valence-electron chi connectivity index (χ0n) is 13.7. The molecule has 3 N–H and O–H groups in total. The van der Waals surface area contributed by atoms with Crippen LogP contribution in [0.1, 0.15) is 34.2 Å². The van der Waals surface area contributed by atoms with Gasteiger partial charge in [-0.1, -0.05) is 30.3 Å². The first kappa shape index (κ1) is 18.4. The van der Waals surface area contributed by atoms with Crippen LogP contribution >= 0.6 is 12.4 Å². The van der Waals surface area contributed by atoms with Gasteiger partial charge >= 0.3 is 0 Å². The fraction of sp³-hybridized carbons (Fsp3) is 0.412. The molecular weight excluding hydrogens is 328 g/mol. The van der Waals surface area contributed by atoms with Gasteiger partial charge in [0.25, 0.3) is 5.91 Å². The lowest BCUT2D eigenvalue weighted by Gasteiger charge is -2.16. The summed E-state index contributed by atoms with van der Waals surface area (Å²) < 4.78 is 5.66. The Morgan fingerprint density at radius 2 is 2.17 bits per heavy atom. The fourth-order valence-corrected chi connectivity index (χ4v) is 2.67. The van der Waals surface area contributed by atoms with Crippen molar-refractivity contribution < 1.29 is 9.53 Å². The van der Waals surface area contributed by atoms with E-state index in [0.29, 0.717) is 25.5 Å². The summed E-state index contributed by atoms with van der Waals surface area (Å²) in [6.45, 7) is 4.54. The number of aromatic nitrogens is 2. The van der Waals surface area contributed by atoms with E-state index in [1.165, 1.54) is 0 Å². The topological polar surface area (TPSA) is 79.0 Å². The van der Waals surface area contributed by atoms with Crippen molar-refractivity contribution in [2.45, 2.75) is 32.5 Å². The summed E-state index contributed by atoms with van der Waals surface area (Å²) in [7, 11) is 0. The van der Waals surface area contributed by atoms with E-state index < -0.39 is 0 Å². The molecule has 24 heavy (non-hydrogen) atoms. The highest BCUT2D eigenvalue weighted by atomic mass is 35.5. The van der Waals surface area contributed by atoms with Gasteiger partial charge in [0, 0.05) is 36.8 Å². The number of carbonyl (C=O) groups is 1. The van der Waals surface area contributed by atoms with Crippen molar-refractivity contribution in [1.82, 2.24) is 20.8 Å². The van der Waals surface area contributed by atoms with Crippen LogP contribution in [0.25, 0.3) is 0 Å². The second-order valence-electron chi connectivity index (χ2n) is 5.83. The summed E-state index contributed by atoms with van der Waals surface area (Å²) in [5.41, 5.74) is 3.65. The maximum Gasteiger partial charge on any atom is 0.272 e. The molecular formula is C17H23ClN4O2. The van der Waals surface area contributed by atoms with Crippen LogP contribution in [0.4, 0.5) is 0 Å². The summed E-state index contributed by atoms with van der Waals surface area (Å²) in [5, 5.41) is 13.3. The Morgan fingerprint density at radius 3 is 2.96 bits per heavy atom. The predicted molar refractivity (Wildman–Crippen MR) is 94.3 cm³/mol. The highest BCUT2D eigenvalue weighted by Crippen LogP contribution is 2.15. The molecule has 2 heterocycles. The van der Waals surface area contributed by atoms with Crippen LogP contribution in [0.3, 0.4) is 0 Å². The first-order chi connectivity index (χ1) is 11.2. The minimum atomic E-state index is -0.151. The van der Waals surface area contributed by atoms with Crippen molar-refractivity contribution >= 4 is 18.3 Å². The third kappa shape index (κ3) is 4.56. The molecule has 2 aromatic rings.